The van der Waals surface area contributed by atoms with Crippen LogP contribution in [-0.4, -0.2) is 16.0 Å². The Balaban J connectivity index is 0.000001000. The lowest BCUT2D eigenvalue weighted by molar-refractivity contribution is -0.671. The van der Waals surface area contributed by atoms with Crippen molar-refractivity contribution in [3.8, 4) is 0 Å². The SMILES string of the molecule is Cn1cc[n+](C)c1/C=N/O.[I-]. The minimum absolute atomic E-state index is 0. The third-order valence-corrected chi connectivity index (χ3v) is 1.41. The van der Waals surface area contributed by atoms with Crippen LogP contribution in [0.15, 0.2) is 17.5 Å². The van der Waals surface area contributed by atoms with Crippen LogP contribution in [-0.2, 0) is 14.1 Å². The fourth-order valence-corrected chi connectivity index (χ4v) is 0.835. The highest BCUT2D eigenvalue weighted by molar-refractivity contribution is 5.72. The van der Waals surface area contributed by atoms with Gasteiger partial charge in [0.1, 0.15) is 12.4 Å². The monoisotopic (exact) mass is 267 g/mol. The summed E-state index contributed by atoms with van der Waals surface area (Å²) in [6.45, 7) is 0. The van der Waals surface area contributed by atoms with Crippen molar-refractivity contribution >= 4 is 6.21 Å². The molecule has 5 heteroatoms. The van der Waals surface area contributed by atoms with Crippen LogP contribution >= 0.6 is 0 Å². The number of halogens is 1. The zero-order valence-electron chi connectivity index (χ0n) is 6.40. The molecule has 0 radical (unpaired) electrons. The number of oxime groups is 1. The van der Waals surface area contributed by atoms with Crippen molar-refractivity contribution in [2.75, 3.05) is 0 Å². The van der Waals surface area contributed by atoms with E-state index >= 15 is 0 Å². The number of nitrogens with zero attached hydrogens (tertiary/aromatic N) is 3. The van der Waals surface area contributed by atoms with Gasteiger partial charge in [-0.15, -0.1) is 0 Å². The Bertz CT molecular complexity index is 237. The Labute approximate surface area is 82.2 Å². The maximum atomic E-state index is 8.23. The molecule has 1 aromatic rings. The van der Waals surface area contributed by atoms with Gasteiger partial charge in [-0.1, -0.05) is 5.16 Å². The van der Waals surface area contributed by atoms with Crippen molar-refractivity contribution in [1.29, 1.82) is 0 Å². The molecule has 0 bridgehead atoms. The first-order valence-electron chi connectivity index (χ1n) is 2.94. The lowest BCUT2D eigenvalue weighted by Gasteiger charge is -1.86. The summed E-state index contributed by atoms with van der Waals surface area (Å²) in [5.74, 6) is 0.850. The number of aryl methyl sites for hydroxylation is 2. The Morgan fingerprint density at radius 2 is 2.36 bits per heavy atom. The van der Waals surface area contributed by atoms with Crippen LogP contribution in [0.3, 0.4) is 0 Å². The number of imidazole rings is 1. The number of hydrogen-bond donors (Lipinski definition) is 1. The van der Waals surface area contributed by atoms with E-state index in [-0.39, 0.29) is 24.0 Å². The van der Waals surface area contributed by atoms with Gasteiger partial charge in [0, 0.05) is 0 Å². The Morgan fingerprint density at radius 1 is 1.73 bits per heavy atom. The standard InChI is InChI=1S/C6H9N3O.HI/c1-8-3-4-9(2)6(8)5-7-10;/h3-5H,1-2H3;1H. The molecule has 0 fully saturated rings. The smallest absolute Gasteiger partial charge is 0.303 e. The molecule has 0 saturated carbocycles. The third-order valence-electron chi connectivity index (χ3n) is 1.41. The van der Waals surface area contributed by atoms with E-state index in [1.807, 2.05) is 35.6 Å². The summed E-state index contributed by atoms with van der Waals surface area (Å²) < 4.78 is 3.72. The molecule has 1 heterocycles. The van der Waals surface area contributed by atoms with Crippen LogP contribution < -0.4 is 28.5 Å². The van der Waals surface area contributed by atoms with E-state index < -0.39 is 0 Å². The molecule has 0 spiro atoms. The van der Waals surface area contributed by atoms with Crippen molar-refractivity contribution in [3.05, 3.63) is 18.2 Å². The van der Waals surface area contributed by atoms with Gasteiger partial charge in [0.05, 0.1) is 14.1 Å². The number of hydrogen-bond acceptors (Lipinski definition) is 2. The summed E-state index contributed by atoms with van der Waals surface area (Å²) in [7, 11) is 3.77. The maximum Gasteiger partial charge on any atom is 0.303 e. The summed E-state index contributed by atoms with van der Waals surface area (Å²) in [5.41, 5.74) is 0. The largest absolute Gasteiger partial charge is 1.00 e. The first-order valence-corrected chi connectivity index (χ1v) is 2.94. The molecule has 11 heavy (non-hydrogen) atoms. The molecule has 0 atom stereocenters. The molecule has 0 aromatic carbocycles. The van der Waals surface area contributed by atoms with Gasteiger partial charge in [0.15, 0.2) is 6.21 Å². The predicted octanol–water partition coefficient (Wildman–Crippen LogP) is -3.34. The van der Waals surface area contributed by atoms with E-state index in [0.29, 0.717) is 0 Å². The minimum Gasteiger partial charge on any atom is -1.00 e. The molecule has 0 amide bonds. The van der Waals surface area contributed by atoms with Gasteiger partial charge in [0.25, 0.3) is 0 Å². The average Bonchev–Trinajstić information content (AvgIpc) is 2.20. The lowest BCUT2D eigenvalue weighted by atomic mass is 10.6. The van der Waals surface area contributed by atoms with Crippen LogP contribution in [0.1, 0.15) is 5.82 Å². The number of rotatable bonds is 1. The first kappa shape index (κ1) is 10.4. The zero-order valence-corrected chi connectivity index (χ0v) is 8.56. The zero-order chi connectivity index (χ0) is 7.56. The Hall–Kier alpha value is -0.590. The van der Waals surface area contributed by atoms with Crippen LogP contribution in [0.2, 0.25) is 0 Å². The van der Waals surface area contributed by atoms with Crippen LogP contribution in [0, 0.1) is 0 Å². The molecule has 1 rings (SSSR count). The third kappa shape index (κ3) is 2.18. The second kappa shape index (κ2) is 4.32. The molecular weight excluding hydrogens is 257 g/mol. The quantitative estimate of drug-likeness (QED) is 0.187. The first-order chi connectivity index (χ1) is 4.75. The fourth-order valence-electron chi connectivity index (χ4n) is 0.835. The highest BCUT2D eigenvalue weighted by Crippen LogP contribution is 1.84. The Kier molecular flexibility index (Phi) is 4.09. The number of aromatic nitrogens is 2. The summed E-state index contributed by atoms with van der Waals surface area (Å²) in [6, 6.07) is 0. The lowest BCUT2D eigenvalue weighted by Crippen LogP contribution is -3.00. The summed E-state index contributed by atoms with van der Waals surface area (Å²) in [4.78, 5) is 0. The molecule has 0 aliphatic heterocycles. The van der Waals surface area contributed by atoms with Gasteiger partial charge >= 0.3 is 5.82 Å². The normalized spacial score (nSPS) is 10.0. The fraction of sp³-hybridized carbons (Fsp3) is 0.333. The molecule has 4 nitrogen and oxygen atoms in total. The van der Waals surface area contributed by atoms with E-state index in [1.165, 1.54) is 6.21 Å². The van der Waals surface area contributed by atoms with E-state index in [1.54, 1.807) is 0 Å². The van der Waals surface area contributed by atoms with Crippen LogP contribution in [0.25, 0.3) is 0 Å². The van der Waals surface area contributed by atoms with E-state index in [4.69, 9.17) is 5.21 Å². The second-order valence-corrected chi connectivity index (χ2v) is 2.12. The van der Waals surface area contributed by atoms with Gasteiger partial charge < -0.3 is 29.2 Å². The highest BCUT2D eigenvalue weighted by atomic mass is 127. The van der Waals surface area contributed by atoms with Gasteiger partial charge in [-0.25, -0.2) is 9.13 Å². The molecule has 0 aliphatic carbocycles. The molecular formula is C6H10IN3O. The van der Waals surface area contributed by atoms with E-state index in [9.17, 15) is 0 Å². The molecule has 0 unspecified atom stereocenters. The van der Waals surface area contributed by atoms with Crippen LogP contribution in [0.5, 0.6) is 0 Å². The molecule has 0 saturated heterocycles. The van der Waals surface area contributed by atoms with Gasteiger partial charge in [-0.3, -0.25) is 0 Å². The van der Waals surface area contributed by atoms with E-state index in [2.05, 4.69) is 5.16 Å². The average molecular weight is 267 g/mol. The van der Waals surface area contributed by atoms with Gasteiger partial charge in [-0.05, 0) is 0 Å². The Morgan fingerprint density at radius 3 is 2.73 bits per heavy atom. The van der Waals surface area contributed by atoms with Crippen molar-refractivity contribution in [3.63, 3.8) is 0 Å². The van der Waals surface area contributed by atoms with Crippen molar-refractivity contribution in [2.24, 2.45) is 19.3 Å². The second-order valence-electron chi connectivity index (χ2n) is 2.12. The molecule has 0 aliphatic rings. The van der Waals surface area contributed by atoms with Crippen molar-refractivity contribution < 1.29 is 33.8 Å². The van der Waals surface area contributed by atoms with Crippen LogP contribution in [0.4, 0.5) is 0 Å². The maximum absolute atomic E-state index is 8.23. The molecule has 1 aromatic heterocycles. The molecule has 1 N–H and O–H groups in total. The summed E-state index contributed by atoms with van der Waals surface area (Å²) in [6.07, 6.45) is 5.16. The topological polar surface area (TPSA) is 41.4 Å². The molecule has 62 valence electrons. The van der Waals surface area contributed by atoms with E-state index in [0.717, 1.165) is 5.82 Å². The summed E-state index contributed by atoms with van der Waals surface area (Å²) in [5, 5.41) is 11.2. The van der Waals surface area contributed by atoms with Gasteiger partial charge in [0.2, 0.25) is 0 Å². The summed E-state index contributed by atoms with van der Waals surface area (Å²) >= 11 is 0. The minimum atomic E-state index is 0. The van der Waals surface area contributed by atoms with Crippen molar-refractivity contribution in [2.45, 2.75) is 0 Å². The van der Waals surface area contributed by atoms with Crippen molar-refractivity contribution in [1.82, 2.24) is 4.57 Å². The highest BCUT2D eigenvalue weighted by Gasteiger charge is 2.06. The predicted molar refractivity (Wildman–Crippen MR) is 36.0 cm³/mol. The van der Waals surface area contributed by atoms with Gasteiger partial charge in [-0.2, -0.15) is 0 Å².